The van der Waals surface area contributed by atoms with E-state index in [9.17, 15) is 26.4 Å². The Morgan fingerprint density at radius 1 is 1.38 bits per heavy atom. The molecule has 0 aromatic heterocycles. The maximum absolute atomic E-state index is 12.5. The Morgan fingerprint density at radius 2 is 1.90 bits per heavy atom. The number of carbonyl (C=O) groups excluding carboxylic acids is 1. The number of benzene rings is 1. The molecule has 1 amide bonds. The van der Waals surface area contributed by atoms with Gasteiger partial charge in [0.1, 0.15) is 0 Å². The van der Waals surface area contributed by atoms with E-state index in [1.165, 1.54) is 0 Å². The van der Waals surface area contributed by atoms with Crippen LogP contribution < -0.4 is 10.5 Å². The molecule has 0 unspecified atom stereocenters. The van der Waals surface area contributed by atoms with Crippen molar-refractivity contribution in [3.05, 3.63) is 23.2 Å². The van der Waals surface area contributed by atoms with Crippen LogP contribution in [0.5, 0.6) is 0 Å². The zero-order valence-electron chi connectivity index (χ0n) is 10.4. The fraction of sp³-hybridized carbons (Fsp3) is 0.300. The summed E-state index contributed by atoms with van der Waals surface area (Å²) in [5.74, 6) is -1.76. The van der Waals surface area contributed by atoms with Gasteiger partial charge in [0.15, 0.2) is 0 Å². The minimum absolute atomic E-state index is 0.273. The first-order valence-corrected chi connectivity index (χ1v) is 7.12. The molecule has 21 heavy (non-hydrogen) atoms. The Morgan fingerprint density at radius 3 is 2.29 bits per heavy atom. The van der Waals surface area contributed by atoms with Crippen LogP contribution in [0.1, 0.15) is 6.92 Å². The maximum Gasteiger partial charge on any atom is 0.426 e. The van der Waals surface area contributed by atoms with Gasteiger partial charge in [-0.05, 0) is 25.1 Å². The number of primary sulfonamides is 1. The van der Waals surface area contributed by atoms with Crippen LogP contribution >= 0.6 is 11.6 Å². The Hall–Kier alpha value is -1.36. The number of aliphatic hydroxyl groups is 1. The van der Waals surface area contributed by atoms with E-state index in [1.54, 1.807) is 5.32 Å². The predicted octanol–water partition coefficient (Wildman–Crippen LogP) is 1.24. The van der Waals surface area contributed by atoms with Crippen molar-refractivity contribution in [2.45, 2.75) is 23.6 Å². The molecule has 1 aromatic rings. The molecule has 118 valence electrons. The van der Waals surface area contributed by atoms with Gasteiger partial charge in [-0.15, -0.1) is 0 Å². The van der Waals surface area contributed by atoms with Gasteiger partial charge in [-0.25, -0.2) is 13.6 Å². The van der Waals surface area contributed by atoms with Gasteiger partial charge in [-0.3, -0.25) is 4.79 Å². The summed E-state index contributed by atoms with van der Waals surface area (Å²) in [4.78, 5) is 11.1. The minimum atomic E-state index is -5.19. The number of hydrogen-bond acceptors (Lipinski definition) is 4. The molecular weight excluding hydrogens is 337 g/mol. The van der Waals surface area contributed by atoms with Crippen LogP contribution in [0, 0.1) is 0 Å². The van der Waals surface area contributed by atoms with Crippen molar-refractivity contribution < 1.29 is 31.5 Å². The predicted molar refractivity (Wildman–Crippen MR) is 68.1 cm³/mol. The lowest BCUT2D eigenvalue weighted by molar-refractivity contribution is -0.242. The average molecular weight is 347 g/mol. The van der Waals surface area contributed by atoms with Crippen LogP contribution in [0.2, 0.25) is 5.02 Å². The second-order valence-electron chi connectivity index (χ2n) is 4.21. The zero-order valence-corrected chi connectivity index (χ0v) is 12.0. The van der Waals surface area contributed by atoms with Crippen LogP contribution in [-0.2, 0) is 14.8 Å². The van der Waals surface area contributed by atoms with Crippen molar-refractivity contribution in [2.24, 2.45) is 5.14 Å². The summed E-state index contributed by atoms with van der Waals surface area (Å²) in [5, 5.41) is 15.4. The molecule has 1 aromatic carbocycles. The molecule has 0 aliphatic heterocycles. The highest BCUT2D eigenvalue weighted by Gasteiger charge is 2.55. The summed E-state index contributed by atoms with van der Waals surface area (Å²) < 4.78 is 59.5. The molecule has 4 N–H and O–H groups in total. The number of nitrogens with one attached hydrogen (secondary N) is 1. The Kier molecular flexibility index (Phi) is 4.59. The lowest BCUT2D eigenvalue weighted by Crippen LogP contribution is -2.52. The average Bonchev–Trinajstić information content (AvgIpc) is 2.28. The lowest BCUT2D eigenvalue weighted by atomic mass is 10.1. The van der Waals surface area contributed by atoms with E-state index in [0.29, 0.717) is 0 Å². The third-order valence-corrected chi connectivity index (χ3v) is 3.74. The molecule has 0 spiro atoms. The number of alkyl halides is 3. The fourth-order valence-corrected chi connectivity index (χ4v) is 1.98. The monoisotopic (exact) mass is 346 g/mol. The largest absolute Gasteiger partial charge is 0.426 e. The third kappa shape index (κ3) is 3.84. The molecule has 0 aliphatic rings. The van der Waals surface area contributed by atoms with Gasteiger partial charge >= 0.3 is 6.18 Å². The maximum atomic E-state index is 12.5. The first-order valence-electron chi connectivity index (χ1n) is 5.19. The third-order valence-electron chi connectivity index (χ3n) is 2.51. The normalized spacial score (nSPS) is 15.4. The highest BCUT2D eigenvalue weighted by molar-refractivity contribution is 7.89. The summed E-state index contributed by atoms with van der Waals surface area (Å²) >= 11 is 5.65. The SMILES string of the molecule is C[C@@](O)(C(=O)Nc1ccc(S(N)(=O)=O)cc1Cl)C(F)(F)F. The number of carbonyl (C=O) groups is 1. The quantitative estimate of drug-likeness (QED) is 0.764. The Labute approximate surface area is 122 Å². The summed E-state index contributed by atoms with van der Waals surface area (Å²) in [5.41, 5.74) is -3.94. The second-order valence-corrected chi connectivity index (χ2v) is 6.18. The number of sulfonamides is 1. The zero-order chi connectivity index (χ0) is 16.6. The smallest absolute Gasteiger partial charge is 0.373 e. The Balaban J connectivity index is 3.08. The first-order chi connectivity index (χ1) is 9.26. The van der Waals surface area contributed by atoms with Gasteiger partial charge in [0.2, 0.25) is 15.6 Å². The van der Waals surface area contributed by atoms with Crippen molar-refractivity contribution >= 4 is 33.2 Å². The van der Waals surface area contributed by atoms with E-state index >= 15 is 0 Å². The molecule has 1 atom stereocenters. The minimum Gasteiger partial charge on any atom is -0.373 e. The van der Waals surface area contributed by atoms with Crippen molar-refractivity contribution in [3.63, 3.8) is 0 Å². The number of amides is 1. The van der Waals surface area contributed by atoms with Crippen LogP contribution in [-0.4, -0.2) is 31.2 Å². The number of halogens is 4. The molecule has 0 heterocycles. The van der Waals surface area contributed by atoms with Crippen molar-refractivity contribution in [2.75, 3.05) is 5.32 Å². The van der Waals surface area contributed by atoms with Gasteiger partial charge in [0.05, 0.1) is 15.6 Å². The van der Waals surface area contributed by atoms with E-state index in [-0.39, 0.29) is 22.5 Å². The van der Waals surface area contributed by atoms with E-state index in [2.05, 4.69) is 0 Å². The number of hydrogen-bond donors (Lipinski definition) is 3. The topological polar surface area (TPSA) is 109 Å². The van der Waals surface area contributed by atoms with E-state index < -0.39 is 27.7 Å². The van der Waals surface area contributed by atoms with Gasteiger partial charge in [0, 0.05) is 0 Å². The van der Waals surface area contributed by atoms with Crippen LogP contribution in [0.4, 0.5) is 18.9 Å². The highest BCUT2D eigenvalue weighted by atomic mass is 35.5. The molecule has 6 nitrogen and oxygen atoms in total. The van der Waals surface area contributed by atoms with Crippen LogP contribution in [0.15, 0.2) is 23.1 Å². The van der Waals surface area contributed by atoms with E-state index in [0.717, 1.165) is 18.2 Å². The Bertz CT molecular complexity index is 673. The summed E-state index contributed by atoms with van der Waals surface area (Å²) in [6.45, 7) is 0.273. The molecule has 0 fully saturated rings. The van der Waals surface area contributed by atoms with Crippen LogP contribution in [0.3, 0.4) is 0 Å². The first kappa shape index (κ1) is 17.7. The second kappa shape index (κ2) is 5.44. The highest BCUT2D eigenvalue weighted by Crippen LogP contribution is 2.32. The summed E-state index contributed by atoms with van der Waals surface area (Å²) in [6.07, 6.45) is -5.19. The van der Waals surface area contributed by atoms with E-state index in [1.807, 2.05) is 0 Å². The molecule has 0 saturated carbocycles. The van der Waals surface area contributed by atoms with Gasteiger partial charge in [0.25, 0.3) is 5.91 Å². The van der Waals surface area contributed by atoms with Crippen molar-refractivity contribution in [1.82, 2.24) is 0 Å². The number of anilines is 1. The molecule has 1 rings (SSSR count). The fourth-order valence-electron chi connectivity index (χ4n) is 1.15. The molecular formula is C10H10ClF3N2O4S. The summed E-state index contributed by atoms with van der Waals surface area (Å²) in [6, 6.07) is 2.75. The lowest BCUT2D eigenvalue weighted by Gasteiger charge is -2.25. The van der Waals surface area contributed by atoms with Crippen LogP contribution in [0.25, 0.3) is 0 Å². The van der Waals surface area contributed by atoms with Crippen molar-refractivity contribution in [3.8, 4) is 0 Å². The standard InChI is InChI=1S/C10H10ClF3N2O4S/c1-9(18,10(12,13)14)8(17)16-7-3-2-5(4-6(7)11)21(15,19)20/h2-4,18H,1H3,(H,16,17)(H2,15,19,20)/t9-/m1/s1. The molecule has 11 heteroatoms. The molecule has 0 radical (unpaired) electrons. The number of rotatable bonds is 3. The van der Waals surface area contributed by atoms with Crippen molar-refractivity contribution in [1.29, 1.82) is 0 Å². The van der Waals surface area contributed by atoms with Gasteiger partial charge < -0.3 is 10.4 Å². The van der Waals surface area contributed by atoms with Gasteiger partial charge in [-0.2, -0.15) is 13.2 Å². The number of nitrogens with two attached hydrogens (primary N) is 1. The molecule has 0 bridgehead atoms. The summed E-state index contributed by atoms with van der Waals surface area (Å²) in [7, 11) is -4.05. The molecule has 0 saturated heterocycles. The van der Waals surface area contributed by atoms with Gasteiger partial charge in [-0.1, -0.05) is 11.6 Å². The van der Waals surface area contributed by atoms with E-state index in [4.69, 9.17) is 21.8 Å². The molecule has 0 aliphatic carbocycles.